The van der Waals surface area contributed by atoms with Gasteiger partial charge in [-0.05, 0) is 24.1 Å². The van der Waals surface area contributed by atoms with Crippen LogP contribution >= 0.6 is 0 Å². The molecule has 0 heterocycles. The molecule has 1 aromatic rings. The van der Waals surface area contributed by atoms with Crippen molar-refractivity contribution < 1.29 is 27.8 Å². The Morgan fingerprint density at radius 2 is 1.88 bits per heavy atom. The molecule has 0 aliphatic rings. The predicted octanol–water partition coefficient (Wildman–Crippen LogP) is 2.97. The molecule has 7 heteroatoms. The molecule has 0 fully saturated rings. The van der Waals surface area contributed by atoms with Gasteiger partial charge in [0.1, 0.15) is 17.7 Å². The van der Waals surface area contributed by atoms with E-state index in [9.17, 15) is 18.4 Å². The molecule has 136 valence electrons. The van der Waals surface area contributed by atoms with E-state index in [0.29, 0.717) is 12.5 Å². The van der Waals surface area contributed by atoms with Crippen molar-refractivity contribution in [3.63, 3.8) is 0 Å². The van der Waals surface area contributed by atoms with Gasteiger partial charge in [-0.25, -0.2) is 18.4 Å². The van der Waals surface area contributed by atoms with Crippen LogP contribution < -0.4 is 5.32 Å². The van der Waals surface area contributed by atoms with Crippen molar-refractivity contribution in [1.29, 1.82) is 0 Å². The molecule has 0 aromatic heterocycles. The summed E-state index contributed by atoms with van der Waals surface area (Å²) in [7, 11) is 0. The molecule has 0 aliphatic carbocycles. The number of terminal acetylenes is 1. The number of alkyl carbamates (subject to hydrolysis) is 1. The molecule has 5 nitrogen and oxygen atoms in total. The molecule has 0 aliphatic heterocycles. The number of esters is 1. The van der Waals surface area contributed by atoms with Gasteiger partial charge in [0.05, 0.1) is 6.61 Å². The van der Waals surface area contributed by atoms with Crippen LogP contribution in [0.2, 0.25) is 0 Å². The molecule has 1 rings (SSSR count). The number of hydrogen-bond acceptors (Lipinski definition) is 4. The fourth-order valence-electron chi connectivity index (χ4n) is 2.07. The quantitative estimate of drug-likeness (QED) is 0.421. The lowest BCUT2D eigenvalue weighted by Crippen LogP contribution is -2.43. The minimum atomic E-state index is -1.17. The van der Waals surface area contributed by atoms with E-state index in [1.165, 1.54) is 0 Å². The van der Waals surface area contributed by atoms with Crippen molar-refractivity contribution >= 4 is 12.1 Å². The maximum Gasteiger partial charge on any atom is 0.407 e. The molecule has 1 amide bonds. The average Bonchev–Trinajstić information content (AvgIpc) is 2.55. The third-order valence-corrected chi connectivity index (χ3v) is 3.22. The van der Waals surface area contributed by atoms with Gasteiger partial charge < -0.3 is 14.8 Å². The Bertz CT molecular complexity index is 608. The lowest BCUT2D eigenvalue weighted by atomic mass is 10.1. The number of nitrogens with one attached hydrogen (secondary N) is 1. The smallest absolute Gasteiger partial charge is 0.407 e. The first-order chi connectivity index (χ1) is 12.0. The summed E-state index contributed by atoms with van der Waals surface area (Å²) in [5.74, 6) is -0.250. The van der Waals surface area contributed by atoms with E-state index in [0.717, 1.165) is 25.0 Å². The first-order valence-electron chi connectivity index (χ1n) is 7.94. The number of unbranched alkanes of at least 4 members (excludes halogenated alkanes) is 2. The van der Waals surface area contributed by atoms with Gasteiger partial charge in [-0.3, -0.25) is 0 Å². The maximum absolute atomic E-state index is 13.3. The third-order valence-electron chi connectivity index (χ3n) is 3.22. The summed E-state index contributed by atoms with van der Waals surface area (Å²) in [4.78, 5) is 23.8. The Morgan fingerprint density at radius 3 is 2.48 bits per heavy atom. The summed E-state index contributed by atoms with van der Waals surface area (Å²) in [5.41, 5.74) is 0.187. The fourth-order valence-corrected chi connectivity index (χ4v) is 2.07. The van der Waals surface area contributed by atoms with Crippen LogP contribution in [0.25, 0.3) is 0 Å². The van der Waals surface area contributed by atoms with Crippen LogP contribution in [-0.2, 0) is 20.7 Å². The fraction of sp³-hybridized carbons (Fsp3) is 0.444. The summed E-state index contributed by atoms with van der Waals surface area (Å²) in [6.45, 7) is 1.94. The second kappa shape index (κ2) is 11.0. The van der Waals surface area contributed by atoms with E-state index < -0.39 is 29.7 Å². The van der Waals surface area contributed by atoms with E-state index in [1.807, 2.05) is 6.92 Å². The minimum absolute atomic E-state index is 0.165. The molecular formula is C18H21F2NO4. The summed E-state index contributed by atoms with van der Waals surface area (Å²) in [6, 6.07) is 1.68. The van der Waals surface area contributed by atoms with Crippen molar-refractivity contribution in [2.24, 2.45) is 0 Å². The topological polar surface area (TPSA) is 64.6 Å². The molecule has 25 heavy (non-hydrogen) atoms. The average molecular weight is 353 g/mol. The van der Waals surface area contributed by atoms with Crippen LogP contribution in [-0.4, -0.2) is 31.3 Å². The highest BCUT2D eigenvalue weighted by Crippen LogP contribution is 2.11. The van der Waals surface area contributed by atoms with E-state index in [2.05, 4.69) is 11.2 Å². The maximum atomic E-state index is 13.3. The van der Waals surface area contributed by atoms with Gasteiger partial charge >= 0.3 is 12.1 Å². The molecule has 0 unspecified atom stereocenters. The van der Waals surface area contributed by atoms with E-state index >= 15 is 0 Å². The molecule has 0 bridgehead atoms. The standard InChI is InChI=1S/C18H21F2NO4/c1-3-5-6-8-25-18(23)21-16(17(22)24-7-4-2)11-13-9-14(19)12-15(20)10-13/h2,9-10,12,16H,3,5-8,11H2,1H3,(H,21,23)/t16-/m0/s1. The molecule has 0 spiro atoms. The molecule has 0 saturated carbocycles. The van der Waals surface area contributed by atoms with E-state index in [-0.39, 0.29) is 25.2 Å². The number of benzene rings is 1. The van der Waals surface area contributed by atoms with Gasteiger partial charge in [0.25, 0.3) is 0 Å². The molecule has 1 N–H and O–H groups in total. The highest BCUT2D eigenvalue weighted by atomic mass is 19.1. The lowest BCUT2D eigenvalue weighted by Gasteiger charge is -2.17. The van der Waals surface area contributed by atoms with Gasteiger partial charge in [0.2, 0.25) is 0 Å². The Labute approximate surface area is 145 Å². The van der Waals surface area contributed by atoms with Gasteiger partial charge in [-0.1, -0.05) is 25.7 Å². The Hall–Kier alpha value is -2.62. The van der Waals surface area contributed by atoms with Crippen molar-refractivity contribution in [3.05, 3.63) is 35.4 Å². The molecule has 1 aromatic carbocycles. The second-order valence-electron chi connectivity index (χ2n) is 5.33. The largest absolute Gasteiger partial charge is 0.451 e. The van der Waals surface area contributed by atoms with Crippen molar-refractivity contribution in [1.82, 2.24) is 5.32 Å². The first-order valence-corrected chi connectivity index (χ1v) is 7.94. The van der Waals surface area contributed by atoms with Crippen molar-refractivity contribution in [2.45, 2.75) is 38.6 Å². The molecule has 0 saturated heterocycles. The monoisotopic (exact) mass is 353 g/mol. The normalized spacial score (nSPS) is 11.3. The van der Waals surface area contributed by atoms with Crippen molar-refractivity contribution in [2.75, 3.05) is 13.2 Å². The van der Waals surface area contributed by atoms with Gasteiger partial charge in [-0.15, -0.1) is 6.42 Å². The van der Waals surface area contributed by atoms with Crippen molar-refractivity contribution in [3.8, 4) is 12.3 Å². The Balaban J connectivity index is 2.73. The zero-order chi connectivity index (χ0) is 18.7. The Kier molecular flexibility index (Phi) is 9.01. The van der Waals surface area contributed by atoms with Crippen LogP contribution in [0.4, 0.5) is 13.6 Å². The second-order valence-corrected chi connectivity index (χ2v) is 5.33. The summed E-state index contributed by atoms with van der Waals surface area (Å²) in [6.07, 6.45) is 6.63. The molecule has 0 radical (unpaired) electrons. The predicted molar refractivity (Wildman–Crippen MR) is 87.7 cm³/mol. The van der Waals surface area contributed by atoms with Crippen LogP contribution in [0, 0.1) is 24.0 Å². The molecule has 1 atom stereocenters. The van der Waals surface area contributed by atoms with Crippen LogP contribution in [0.15, 0.2) is 18.2 Å². The number of rotatable bonds is 9. The number of hydrogen-bond donors (Lipinski definition) is 1. The zero-order valence-electron chi connectivity index (χ0n) is 14.0. The highest BCUT2D eigenvalue weighted by molar-refractivity contribution is 5.81. The SMILES string of the molecule is C#CCOC(=O)[C@H](Cc1cc(F)cc(F)c1)NC(=O)OCCCCC. The van der Waals surface area contributed by atoms with Gasteiger partial charge in [0.15, 0.2) is 6.61 Å². The summed E-state index contributed by atoms with van der Waals surface area (Å²) < 4.78 is 36.3. The molecular weight excluding hydrogens is 332 g/mol. The highest BCUT2D eigenvalue weighted by Gasteiger charge is 2.24. The van der Waals surface area contributed by atoms with Crippen LogP contribution in [0.5, 0.6) is 0 Å². The van der Waals surface area contributed by atoms with Crippen LogP contribution in [0.1, 0.15) is 31.7 Å². The summed E-state index contributed by atoms with van der Waals surface area (Å²) in [5, 5.41) is 2.34. The lowest BCUT2D eigenvalue weighted by molar-refractivity contribution is -0.144. The number of ether oxygens (including phenoxy) is 2. The first kappa shape index (κ1) is 20.4. The van der Waals surface area contributed by atoms with Gasteiger partial charge in [-0.2, -0.15) is 0 Å². The van der Waals surface area contributed by atoms with Crippen LogP contribution in [0.3, 0.4) is 0 Å². The van der Waals surface area contributed by atoms with Gasteiger partial charge in [0, 0.05) is 12.5 Å². The summed E-state index contributed by atoms with van der Waals surface area (Å²) >= 11 is 0. The number of amides is 1. The number of halogens is 2. The zero-order valence-corrected chi connectivity index (χ0v) is 14.0. The number of carbonyl (C=O) groups is 2. The van der Waals surface area contributed by atoms with E-state index in [1.54, 1.807) is 0 Å². The minimum Gasteiger partial charge on any atom is -0.451 e. The number of carbonyl (C=O) groups excluding carboxylic acids is 2. The Morgan fingerprint density at radius 1 is 1.20 bits per heavy atom. The third kappa shape index (κ3) is 8.15. The van der Waals surface area contributed by atoms with E-state index in [4.69, 9.17) is 15.9 Å².